The number of hydrogen-bond acceptors (Lipinski definition) is 2. The van der Waals surface area contributed by atoms with Crippen LogP contribution >= 0.6 is 0 Å². The van der Waals surface area contributed by atoms with E-state index in [0.29, 0.717) is 5.70 Å². The predicted octanol–water partition coefficient (Wildman–Crippen LogP) is 3.06. The van der Waals surface area contributed by atoms with Crippen molar-refractivity contribution in [2.75, 3.05) is 0 Å². The summed E-state index contributed by atoms with van der Waals surface area (Å²) in [6.07, 6.45) is 6.78. The first kappa shape index (κ1) is 11.0. The van der Waals surface area contributed by atoms with Crippen molar-refractivity contribution < 1.29 is 4.39 Å². The molecule has 0 spiro atoms. The van der Waals surface area contributed by atoms with Gasteiger partial charge in [0.05, 0.1) is 17.6 Å². The van der Waals surface area contributed by atoms with Crippen LogP contribution in [-0.4, -0.2) is 15.0 Å². The van der Waals surface area contributed by atoms with Gasteiger partial charge >= 0.3 is 0 Å². The van der Waals surface area contributed by atoms with Crippen LogP contribution in [0.1, 0.15) is 39.3 Å². The van der Waals surface area contributed by atoms with Crippen molar-refractivity contribution in [2.24, 2.45) is 0 Å². The summed E-state index contributed by atoms with van der Waals surface area (Å²) < 4.78 is 15.3. The van der Waals surface area contributed by atoms with Gasteiger partial charge in [-0.3, -0.25) is 0 Å². The van der Waals surface area contributed by atoms with Crippen LogP contribution < -0.4 is 0 Å². The Morgan fingerprint density at radius 1 is 1.25 bits per heavy atom. The van der Waals surface area contributed by atoms with Gasteiger partial charge in [-0.15, -0.1) is 5.10 Å². The summed E-state index contributed by atoms with van der Waals surface area (Å²) >= 11 is 0. The van der Waals surface area contributed by atoms with E-state index in [0.717, 1.165) is 18.5 Å². The lowest BCUT2D eigenvalue weighted by molar-refractivity contribution is 0.537. The molecular formula is C12H16FN3. The zero-order valence-corrected chi connectivity index (χ0v) is 9.87. The van der Waals surface area contributed by atoms with Crippen LogP contribution in [0.3, 0.4) is 0 Å². The van der Waals surface area contributed by atoms with Crippen LogP contribution in [0.4, 0.5) is 4.39 Å². The molecule has 0 radical (unpaired) electrons. The fraction of sp³-hybridized carbons (Fsp3) is 0.500. The third-order valence-corrected chi connectivity index (χ3v) is 2.62. The van der Waals surface area contributed by atoms with E-state index in [2.05, 4.69) is 31.1 Å². The largest absolute Gasteiger partial charge is 0.214 e. The van der Waals surface area contributed by atoms with Gasteiger partial charge in [0, 0.05) is 5.41 Å². The zero-order valence-electron chi connectivity index (χ0n) is 9.87. The van der Waals surface area contributed by atoms with Crippen molar-refractivity contribution in [3.63, 3.8) is 0 Å². The summed E-state index contributed by atoms with van der Waals surface area (Å²) in [5.74, 6) is -0.206. The lowest BCUT2D eigenvalue weighted by Crippen LogP contribution is -2.18. The molecule has 1 heterocycles. The molecule has 0 bridgehead atoms. The molecule has 0 aliphatic heterocycles. The summed E-state index contributed by atoms with van der Waals surface area (Å²) in [6.45, 7) is 6.19. The summed E-state index contributed by atoms with van der Waals surface area (Å²) in [5, 5.41) is 7.85. The number of allylic oxidation sites excluding steroid dienone is 4. The molecule has 16 heavy (non-hydrogen) atoms. The lowest BCUT2D eigenvalue weighted by atomic mass is 9.92. The van der Waals surface area contributed by atoms with Gasteiger partial charge in [-0.1, -0.05) is 32.1 Å². The maximum absolute atomic E-state index is 13.7. The number of aromatic nitrogens is 3. The monoisotopic (exact) mass is 221 g/mol. The number of nitrogens with zero attached hydrogens (tertiary/aromatic N) is 3. The second-order valence-electron chi connectivity index (χ2n) is 5.00. The van der Waals surface area contributed by atoms with Gasteiger partial charge in [0.2, 0.25) is 0 Å². The van der Waals surface area contributed by atoms with Gasteiger partial charge in [-0.25, -0.2) is 9.07 Å². The van der Waals surface area contributed by atoms with Crippen LogP contribution in [-0.2, 0) is 5.41 Å². The van der Waals surface area contributed by atoms with Crippen molar-refractivity contribution in [1.82, 2.24) is 15.0 Å². The van der Waals surface area contributed by atoms with Crippen molar-refractivity contribution in [1.29, 1.82) is 0 Å². The van der Waals surface area contributed by atoms with Gasteiger partial charge in [0.25, 0.3) is 0 Å². The molecule has 0 fully saturated rings. The van der Waals surface area contributed by atoms with Crippen molar-refractivity contribution in [3.8, 4) is 0 Å². The van der Waals surface area contributed by atoms with E-state index in [1.54, 1.807) is 17.0 Å². The quantitative estimate of drug-likeness (QED) is 0.729. The average molecular weight is 221 g/mol. The van der Waals surface area contributed by atoms with Crippen LogP contribution in [0, 0.1) is 0 Å². The highest BCUT2D eigenvalue weighted by Crippen LogP contribution is 2.29. The van der Waals surface area contributed by atoms with Crippen LogP contribution in [0.2, 0.25) is 0 Å². The topological polar surface area (TPSA) is 30.7 Å². The van der Waals surface area contributed by atoms with E-state index >= 15 is 0 Å². The van der Waals surface area contributed by atoms with E-state index in [-0.39, 0.29) is 11.2 Å². The van der Waals surface area contributed by atoms with Crippen LogP contribution in [0.5, 0.6) is 0 Å². The Morgan fingerprint density at radius 3 is 2.56 bits per heavy atom. The molecule has 1 aliphatic rings. The molecule has 1 aromatic rings. The minimum Gasteiger partial charge on any atom is -0.214 e. The van der Waals surface area contributed by atoms with E-state index in [1.165, 1.54) is 0 Å². The molecule has 2 rings (SSSR count). The maximum atomic E-state index is 13.7. The smallest absolute Gasteiger partial charge is 0.144 e. The lowest BCUT2D eigenvalue weighted by Gasteiger charge is -2.20. The Balaban J connectivity index is 2.46. The first-order valence-electron chi connectivity index (χ1n) is 5.48. The minimum atomic E-state index is -0.206. The van der Waals surface area contributed by atoms with Crippen LogP contribution in [0.15, 0.2) is 24.2 Å². The highest BCUT2D eigenvalue weighted by atomic mass is 19.1. The summed E-state index contributed by atoms with van der Waals surface area (Å²) in [4.78, 5) is 0. The summed E-state index contributed by atoms with van der Waals surface area (Å²) in [7, 11) is 0. The normalized spacial score (nSPS) is 17.0. The molecule has 0 aromatic carbocycles. The van der Waals surface area contributed by atoms with Gasteiger partial charge in [-0.05, 0) is 18.9 Å². The first-order valence-corrected chi connectivity index (χ1v) is 5.48. The first-order chi connectivity index (χ1) is 7.50. The van der Waals surface area contributed by atoms with E-state index < -0.39 is 0 Å². The second kappa shape index (κ2) is 3.85. The number of hydrogen-bond donors (Lipinski definition) is 0. The highest BCUT2D eigenvalue weighted by molar-refractivity contribution is 5.62. The fourth-order valence-electron chi connectivity index (χ4n) is 1.74. The Morgan fingerprint density at radius 2 is 1.94 bits per heavy atom. The second-order valence-corrected chi connectivity index (χ2v) is 5.00. The fourth-order valence-corrected chi connectivity index (χ4v) is 1.74. The number of rotatable bonds is 1. The molecule has 0 unspecified atom stereocenters. The Hall–Kier alpha value is -1.45. The zero-order chi connectivity index (χ0) is 11.8. The summed E-state index contributed by atoms with van der Waals surface area (Å²) in [6, 6.07) is 0. The molecule has 0 saturated heterocycles. The SMILES string of the molecule is CC(C)(C)c1cnnn1C1=CCCC=C1F. The molecule has 0 amide bonds. The Bertz CT molecular complexity index is 449. The van der Waals surface area contributed by atoms with E-state index in [4.69, 9.17) is 0 Å². The molecular weight excluding hydrogens is 205 g/mol. The molecule has 1 aromatic heterocycles. The predicted molar refractivity (Wildman–Crippen MR) is 61.4 cm³/mol. The van der Waals surface area contributed by atoms with Crippen molar-refractivity contribution >= 4 is 5.70 Å². The third-order valence-electron chi connectivity index (χ3n) is 2.62. The number of halogens is 1. The minimum absolute atomic E-state index is 0.0952. The molecule has 86 valence electrons. The van der Waals surface area contributed by atoms with Gasteiger partial charge in [0.15, 0.2) is 0 Å². The molecule has 0 N–H and O–H groups in total. The van der Waals surface area contributed by atoms with Gasteiger partial charge < -0.3 is 0 Å². The molecule has 0 atom stereocenters. The molecule has 0 saturated carbocycles. The molecule has 1 aliphatic carbocycles. The van der Waals surface area contributed by atoms with Crippen molar-refractivity contribution in [3.05, 3.63) is 29.9 Å². The maximum Gasteiger partial charge on any atom is 0.144 e. The average Bonchev–Trinajstić information content (AvgIpc) is 2.66. The third kappa shape index (κ3) is 1.92. The van der Waals surface area contributed by atoms with E-state index in [1.807, 2.05) is 6.08 Å². The van der Waals surface area contributed by atoms with Gasteiger partial charge in [0.1, 0.15) is 5.83 Å². The highest BCUT2D eigenvalue weighted by Gasteiger charge is 2.23. The summed E-state index contributed by atoms with van der Waals surface area (Å²) in [5.41, 5.74) is 1.35. The van der Waals surface area contributed by atoms with Crippen molar-refractivity contribution in [2.45, 2.75) is 39.0 Å². The van der Waals surface area contributed by atoms with E-state index in [9.17, 15) is 4.39 Å². The standard InChI is InChI=1S/C12H16FN3/c1-12(2,3)11-8-14-15-16(11)10-7-5-4-6-9(10)13/h6-8H,4-5H2,1-3H3. The van der Waals surface area contributed by atoms with Crippen LogP contribution in [0.25, 0.3) is 5.70 Å². The Labute approximate surface area is 94.7 Å². The molecule has 3 nitrogen and oxygen atoms in total. The van der Waals surface area contributed by atoms with Gasteiger partial charge in [-0.2, -0.15) is 0 Å². The molecule has 4 heteroatoms. The Kier molecular flexibility index (Phi) is 2.66.